The molecule has 34 heavy (non-hydrogen) atoms. The molecule has 0 radical (unpaired) electrons. The summed E-state index contributed by atoms with van der Waals surface area (Å²) in [6, 6.07) is 21.6. The topological polar surface area (TPSA) is 87.5 Å². The minimum absolute atomic E-state index is 0.441. The molecule has 4 aromatic rings. The van der Waals surface area contributed by atoms with E-state index in [1.54, 1.807) is 12.4 Å². The van der Waals surface area contributed by atoms with Crippen LogP contribution < -0.4 is 0 Å². The molecule has 0 amide bonds. The first-order valence-electron chi connectivity index (χ1n) is 10.9. The van der Waals surface area contributed by atoms with Gasteiger partial charge in [0.2, 0.25) is 0 Å². The van der Waals surface area contributed by atoms with E-state index in [-0.39, 0.29) is 0 Å². The van der Waals surface area contributed by atoms with Crippen LogP contribution in [0, 0.1) is 22.7 Å². The second-order valence-corrected chi connectivity index (χ2v) is 13.6. The van der Waals surface area contributed by atoms with Crippen molar-refractivity contribution in [2.45, 2.75) is 12.6 Å². The van der Waals surface area contributed by atoms with E-state index in [1.165, 1.54) is 0 Å². The Balaban J connectivity index is 1.64. The van der Waals surface area contributed by atoms with Gasteiger partial charge in [-0.15, -0.1) is 0 Å². The second-order valence-electron chi connectivity index (χ2n) is 8.96. The molecule has 1 unspecified atom stereocenters. The Labute approximate surface area is 201 Å². The van der Waals surface area contributed by atoms with E-state index in [0.29, 0.717) is 17.9 Å². The smallest absolute Gasteiger partial charge is 0.145 e. The molecule has 0 spiro atoms. The molecule has 6 nitrogen and oxygen atoms in total. The van der Waals surface area contributed by atoms with Gasteiger partial charge in [-0.1, -0.05) is 36.4 Å². The average molecular weight is 470 g/mol. The van der Waals surface area contributed by atoms with Crippen LogP contribution in [-0.4, -0.2) is 45.7 Å². The van der Waals surface area contributed by atoms with Crippen molar-refractivity contribution in [3.05, 3.63) is 83.8 Å². The summed E-state index contributed by atoms with van der Waals surface area (Å²) in [4.78, 5) is 9.04. The van der Waals surface area contributed by atoms with E-state index < -0.39 is 15.9 Å². The zero-order valence-corrected chi connectivity index (χ0v) is 20.4. The van der Waals surface area contributed by atoms with Crippen molar-refractivity contribution in [2.75, 3.05) is 31.1 Å². The monoisotopic (exact) mass is 469 g/mol. The average Bonchev–Trinajstić information content (AvgIpc) is 3.25. The van der Waals surface area contributed by atoms with Gasteiger partial charge < -0.3 is 9.30 Å². The van der Waals surface area contributed by atoms with Crippen molar-refractivity contribution < 1.29 is 4.74 Å². The van der Waals surface area contributed by atoms with Crippen LogP contribution >= 0.6 is 10.0 Å². The number of nitrogens with zero attached hydrogens (tertiary/aromatic N) is 5. The molecule has 172 valence electrons. The quantitative estimate of drug-likeness (QED) is 0.327. The van der Waals surface area contributed by atoms with Gasteiger partial charge in [-0.2, -0.15) is 10.5 Å². The van der Waals surface area contributed by atoms with Gasteiger partial charge in [-0.25, -0.2) is 20.0 Å². The molecule has 2 aromatic carbocycles. The van der Waals surface area contributed by atoms with E-state index in [0.717, 1.165) is 40.2 Å². The minimum atomic E-state index is -0.589. The predicted octanol–water partition coefficient (Wildman–Crippen LogP) is 5.29. The van der Waals surface area contributed by atoms with Gasteiger partial charge in [0.1, 0.15) is 18.7 Å². The van der Waals surface area contributed by atoms with E-state index >= 15 is 0 Å². The zero-order chi connectivity index (χ0) is 24.1. The lowest BCUT2D eigenvalue weighted by atomic mass is 9.88. The number of hydrogen-bond donors (Lipinski definition) is 0. The zero-order valence-electron chi connectivity index (χ0n) is 19.6. The maximum atomic E-state index is 9.94. The molecule has 2 heterocycles. The summed E-state index contributed by atoms with van der Waals surface area (Å²) < 4.78 is 7.89. The van der Waals surface area contributed by atoms with Crippen molar-refractivity contribution in [1.82, 2.24) is 14.5 Å². The maximum Gasteiger partial charge on any atom is 0.145 e. The van der Waals surface area contributed by atoms with E-state index in [2.05, 4.69) is 40.9 Å². The third kappa shape index (κ3) is 5.12. The van der Waals surface area contributed by atoms with Crippen LogP contribution in [0.15, 0.2) is 67.1 Å². The van der Waals surface area contributed by atoms with Gasteiger partial charge in [0.15, 0.2) is 0 Å². The summed E-state index contributed by atoms with van der Waals surface area (Å²) in [7, 11) is -0.589. The minimum Gasteiger partial charge on any atom is -0.360 e. The Bertz CT molecular complexity index is 1390. The molecule has 0 fully saturated rings. The molecule has 0 saturated heterocycles. The van der Waals surface area contributed by atoms with Gasteiger partial charge in [0.25, 0.3) is 0 Å². The molecule has 0 bridgehead atoms. The molecular weight excluding hydrogens is 442 g/mol. The Morgan fingerprint density at radius 2 is 1.85 bits per heavy atom. The van der Waals surface area contributed by atoms with Crippen molar-refractivity contribution >= 4 is 21.1 Å². The van der Waals surface area contributed by atoms with Gasteiger partial charge >= 0.3 is 0 Å². The normalized spacial score (nSPS) is 12.7. The summed E-state index contributed by atoms with van der Waals surface area (Å²) in [5.41, 5.74) is 4.54. The fourth-order valence-electron chi connectivity index (χ4n) is 3.85. The summed E-state index contributed by atoms with van der Waals surface area (Å²) in [5.74, 6) is 0.518. The van der Waals surface area contributed by atoms with Crippen LogP contribution in [0.2, 0.25) is 0 Å². The Morgan fingerprint density at radius 3 is 2.62 bits per heavy atom. The molecular formula is C27H27N5OS. The number of benzene rings is 2. The molecule has 0 aliphatic rings. The summed E-state index contributed by atoms with van der Waals surface area (Å²) in [5, 5.41) is 20.4. The third-order valence-electron chi connectivity index (χ3n) is 5.64. The van der Waals surface area contributed by atoms with Crippen molar-refractivity contribution in [1.29, 1.82) is 10.5 Å². The SMILES string of the molecule is CS(C)(C)CCOCn1ccc2c(-c3cccc(C(C#N)c4ccccc4C#N)c3)ncnc21. The first-order valence-corrected chi connectivity index (χ1v) is 14.0. The van der Waals surface area contributed by atoms with Gasteiger partial charge in [0, 0.05) is 22.9 Å². The molecule has 0 aliphatic heterocycles. The highest BCUT2D eigenvalue weighted by molar-refractivity contribution is 8.32. The third-order valence-corrected chi connectivity index (χ3v) is 7.03. The number of fused-ring (bicyclic) bond motifs is 1. The predicted molar refractivity (Wildman–Crippen MR) is 138 cm³/mol. The van der Waals surface area contributed by atoms with Crippen molar-refractivity contribution in [2.24, 2.45) is 0 Å². The maximum absolute atomic E-state index is 9.94. The first-order chi connectivity index (χ1) is 16.4. The Hall–Kier alpha value is -3.65. The molecule has 1 atom stereocenters. The molecule has 0 aliphatic carbocycles. The first kappa shape index (κ1) is 23.5. The van der Waals surface area contributed by atoms with Crippen LogP contribution in [-0.2, 0) is 11.5 Å². The Kier molecular flexibility index (Phi) is 6.98. The highest BCUT2D eigenvalue weighted by Crippen LogP contribution is 2.34. The molecule has 4 rings (SSSR count). The molecule has 7 heteroatoms. The highest BCUT2D eigenvalue weighted by Gasteiger charge is 2.18. The number of hydrogen-bond acceptors (Lipinski definition) is 5. The van der Waals surface area contributed by atoms with E-state index in [1.807, 2.05) is 59.3 Å². The number of rotatable bonds is 8. The lowest BCUT2D eigenvalue weighted by molar-refractivity contribution is 0.0923. The summed E-state index contributed by atoms with van der Waals surface area (Å²) >= 11 is 0. The Morgan fingerprint density at radius 1 is 1.03 bits per heavy atom. The van der Waals surface area contributed by atoms with Crippen molar-refractivity contribution in [3.63, 3.8) is 0 Å². The lowest BCUT2D eigenvalue weighted by Gasteiger charge is -2.24. The van der Waals surface area contributed by atoms with Crippen LogP contribution in [0.4, 0.5) is 0 Å². The summed E-state index contributed by atoms with van der Waals surface area (Å²) in [6.45, 7) is 1.16. The molecule has 0 saturated carbocycles. The largest absolute Gasteiger partial charge is 0.360 e. The van der Waals surface area contributed by atoms with Crippen LogP contribution in [0.3, 0.4) is 0 Å². The number of aromatic nitrogens is 3. The van der Waals surface area contributed by atoms with Crippen LogP contribution in [0.25, 0.3) is 22.3 Å². The molecule has 2 aromatic heterocycles. The van der Waals surface area contributed by atoms with Gasteiger partial charge in [0.05, 0.1) is 35.9 Å². The second kappa shape index (κ2) is 10.1. The number of ether oxygens (including phenoxy) is 1. The van der Waals surface area contributed by atoms with Gasteiger partial charge in [-0.05, 0) is 48.1 Å². The van der Waals surface area contributed by atoms with Crippen molar-refractivity contribution in [3.8, 4) is 23.4 Å². The lowest BCUT2D eigenvalue weighted by Crippen LogP contribution is -2.09. The van der Waals surface area contributed by atoms with Crippen LogP contribution in [0.5, 0.6) is 0 Å². The standard InChI is InChI=1S/C27H27N5OS/c1-34(2,3)14-13-33-19-32-12-11-24-26(30-18-31-27(24)32)21-9-6-8-20(15-21)25(17-29)23-10-5-4-7-22(23)16-28/h4-12,15,18,25H,13-14,19H2,1-3H3. The molecule has 0 N–H and O–H groups in total. The van der Waals surface area contributed by atoms with Gasteiger partial charge in [-0.3, -0.25) is 0 Å². The highest BCUT2D eigenvalue weighted by atomic mass is 32.3. The fraction of sp³-hybridized carbons (Fsp3) is 0.259. The summed E-state index contributed by atoms with van der Waals surface area (Å²) in [6.07, 6.45) is 10.4. The van der Waals surface area contributed by atoms with E-state index in [4.69, 9.17) is 4.74 Å². The number of nitriles is 2. The van der Waals surface area contributed by atoms with E-state index in [9.17, 15) is 10.5 Å². The fourth-order valence-corrected chi connectivity index (χ4v) is 4.47. The van der Waals surface area contributed by atoms with Crippen LogP contribution in [0.1, 0.15) is 22.6 Å².